The van der Waals surface area contributed by atoms with Gasteiger partial charge in [-0.05, 0) is 24.3 Å². The lowest BCUT2D eigenvalue weighted by Gasteiger charge is -2.07. The Labute approximate surface area is 145 Å². The summed E-state index contributed by atoms with van der Waals surface area (Å²) in [5.74, 6) is -1.82. The zero-order valence-electron chi connectivity index (χ0n) is 13.6. The summed E-state index contributed by atoms with van der Waals surface area (Å²) in [6, 6.07) is 5.03. The molecule has 1 rings (SSSR count). The Morgan fingerprint density at radius 3 is 2.36 bits per heavy atom. The Hall–Kier alpha value is -2.72. The molecule has 0 saturated heterocycles. The van der Waals surface area contributed by atoms with Crippen molar-refractivity contribution in [3.63, 3.8) is 0 Å². The quantitative estimate of drug-likeness (QED) is 0.385. The predicted octanol–water partition coefficient (Wildman–Crippen LogP) is -0.830. The van der Waals surface area contributed by atoms with Gasteiger partial charge < -0.3 is 15.4 Å². The number of hydrogen-bond donors (Lipinski definition) is 3. The lowest BCUT2D eigenvalue weighted by molar-refractivity contribution is -0.127. The van der Waals surface area contributed by atoms with Crippen LogP contribution in [0.15, 0.2) is 41.8 Å². The number of sulfonamides is 1. The smallest absolute Gasteiger partial charge is 0.338 e. The molecule has 0 fully saturated rings. The minimum atomic E-state index is -3.68. The monoisotopic (exact) mass is 369 g/mol. The van der Waals surface area contributed by atoms with Crippen molar-refractivity contribution in [2.24, 2.45) is 0 Å². The highest BCUT2D eigenvalue weighted by molar-refractivity contribution is 7.89. The molecule has 0 radical (unpaired) electrons. The first-order chi connectivity index (χ1) is 11.8. The third kappa shape index (κ3) is 6.73. The molecular weight excluding hydrogens is 350 g/mol. The standard InChI is InChI=1S/C15H19N3O6S/c1-3-8-18-25(22,23)12-6-4-11(5-7-12)15(21)24-10-14(20)17-9-13(19)16-2/h3-7,18H,1,8-10H2,2H3,(H,16,19)(H,17,20). The second kappa shape index (κ2) is 9.55. The van der Waals surface area contributed by atoms with E-state index in [-0.39, 0.29) is 29.5 Å². The molecule has 2 amide bonds. The molecule has 0 aliphatic carbocycles. The maximum atomic E-state index is 11.9. The molecule has 9 nitrogen and oxygen atoms in total. The largest absolute Gasteiger partial charge is 0.452 e. The lowest BCUT2D eigenvalue weighted by Crippen LogP contribution is -2.37. The Bertz CT molecular complexity index is 743. The summed E-state index contributed by atoms with van der Waals surface area (Å²) in [4.78, 5) is 34.2. The van der Waals surface area contributed by atoms with Crippen LogP contribution in [-0.4, -0.2) is 52.9 Å². The van der Waals surface area contributed by atoms with Crippen molar-refractivity contribution in [1.82, 2.24) is 15.4 Å². The number of hydrogen-bond acceptors (Lipinski definition) is 6. The molecule has 0 aliphatic rings. The normalized spacial score (nSPS) is 10.6. The number of benzene rings is 1. The highest BCUT2D eigenvalue weighted by atomic mass is 32.2. The first-order valence-corrected chi connectivity index (χ1v) is 8.63. The maximum absolute atomic E-state index is 11.9. The fourth-order valence-corrected chi connectivity index (χ4v) is 2.55. The Morgan fingerprint density at radius 2 is 1.80 bits per heavy atom. The number of likely N-dealkylation sites (N-methyl/N-ethyl adjacent to an activating group) is 1. The van der Waals surface area contributed by atoms with Crippen LogP contribution in [0.25, 0.3) is 0 Å². The highest BCUT2D eigenvalue weighted by Gasteiger charge is 2.15. The molecule has 1 aromatic rings. The van der Waals surface area contributed by atoms with Crippen LogP contribution in [0.1, 0.15) is 10.4 Å². The fraction of sp³-hybridized carbons (Fsp3) is 0.267. The van der Waals surface area contributed by atoms with E-state index >= 15 is 0 Å². The van der Waals surface area contributed by atoms with Gasteiger partial charge in [0.15, 0.2) is 6.61 Å². The van der Waals surface area contributed by atoms with Crippen molar-refractivity contribution in [3.8, 4) is 0 Å². The predicted molar refractivity (Wildman–Crippen MR) is 89.2 cm³/mol. The van der Waals surface area contributed by atoms with Crippen LogP contribution in [0.3, 0.4) is 0 Å². The molecule has 25 heavy (non-hydrogen) atoms. The second-order valence-electron chi connectivity index (χ2n) is 4.69. The second-order valence-corrected chi connectivity index (χ2v) is 6.46. The number of nitrogens with one attached hydrogen (secondary N) is 3. The summed E-state index contributed by atoms with van der Waals surface area (Å²) in [6.45, 7) is 2.71. The van der Waals surface area contributed by atoms with E-state index in [1.54, 1.807) is 0 Å². The Morgan fingerprint density at radius 1 is 1.16 bits per heavy atom. The average Bonchev–Trinajstić information content (AvgIpc) is 2.62. The molecule has 0 aromatic heterocycles. The van der Waals surface area contributed by atoms with Gasteiger partial charge in [-0.1, -0.05) is 6.08 Å². The van der Waals surface area contributed by atoms with Crippen molar-refractivity contribution < 1.29 is 27.5 Å². The number of ether oxygens (including phenoxy) is 1. The highest BCUT2D eigenvalue weighted by Crippen LogP contribution is 2.11. The molecule has 0 spiro atoms. The molecule has 0 saturated carbocycles. The van der Waals surface area contributed by atoms with E-state index < -0.39 is 28.5 Å². The topological polar surface area (TPSA) is 131 Å². The van der Waals surface area contributed by atoms with Crippen LogP contribution in [0.2, 0.25) is 0 Å². The Kier molecular flexibility index (Phi) is 7.76. The molecule has 3 N–H and O–H groups in total. The van der Waals surface area contributed by atoms with Crippen molar-refractivity contribution in [3.05, 3.63) is 42.5 Å². The minimum absolute atomic E-state index is 0.0192. The van der Waals surface area contributed by atoms with E-state index in [0.29, 0.717) is 0 Å². The SMILES string of the molecule is C=CCNS(=O)(=O)c1ccc(C(=O)OCC(=O)NCC(=O)NC)cc1. The zero-order chi connectivity index (χ0) is 18.9. The number of rotatable bonds is 9. The molecule has 0 atom stereocenters. The molecule has 1 aromatic carbocycles. The third-order valence-electron chi connectivity index (χ3n) is 2.88. The molecule has 136 valence electrons. The summed E-state index contributed by atoms with van der Waals surface area (Å²) in [6.07, 6.45) is 1.40. The molecular formula is C15H19N3O6S. The van der Waals surface area contributed by atoms with E-state index in [4.69, 9.17) is 4.74 Å². The van der Waals surface area contributed by atoms with Gasteiger partial charge in [0.1, 0.15) is 0 Å². The van der Waals surface area contributed by atoms with Crippen molar-refractivity contribution in [2.45, 2.75) is 4.90 Å². The van der Waals surface area contributed by atoms with Gasteiger partial charge in [-0.15, -0.1) is 6.58 Å². The van der Waals surface area contributed by atoms with Crippen LogP contribution >= 0.6 is 0 Å². The van der Waals surface area contributed by atoms with Crippen molar-refractivity contribution >= 4 is 27.8 Å². The fourth-order valence-electron chi connectivity index (χ4n) is 1.55. The summed E-state index contributed by atoms with van der Waals surface area (Å²) in [5, 5.41) is 4.58. The zero-order valence-corrected chi connectivity index (χ0v) is 14.4. The summed E-state index contributed by atoms with van der Waals surface area (Å²) < 4.78 is 30.8. The van der Waals surface area contributed by atoms with Gasteiger partial charge in [0.25, 0.3) is 5.91 Å². The molecule has 10 heteroatoms. The number of amides is 2. The van der Waals surface area contributed by atoms with Gasteiger partial charge in [0.2, 0.25) is 15.9 Å². The first-order valence-electron chi connectivity index (χ1n) is 7.15. The van der Waals surface area contributed by atoms with E-state index in [1.807, 2.05) is 0 Å². The van der Waals surface area contributed by atoms with Gasteiger partial charge in [0, 0.05) is 13.6 Å². The number of carbonyl (C=O) groups is 3. The maximum Gasteiger partial charge on any atom is 0.338 e. The van der Waals surface area contributed by atoms with Gasteiger partial charge in [0.05, 0.1) is 17.0 Å². The number of carbonyl (C=O) groups excluding carboxylic acids is 3. The number of esters is 1. The first kappa shape index (κ1) is 20.3. The molecule has 0 heterocycles. The van der Waals surface area contributed by atoms with Crippen LogP contribution in [-0.2, 0) is 24.3 Å². The lowest BCUT2D eigenvalue weighted by atomic mass is 10.2. The van der Waals surface area contributed by atoms with Crippen LogP contribution in [0, 0.1) is 0 Å². The van der Waals surface area contributed by atoms with E-state index in [0.717, 1.165) is 0 Å². The molecule has 0 bridgehead atoms. The van der Waals surface area contributed by atoms with E-state index in [2.05, 4.69) is 21.9 Å². The molecule has 0 unspecified atom stereocenters. The summed E-state index contributed by atoms with van der Waals surface area (Å²) >= 11 is 0. The van der Waals surface area contributed by atoms with Gasteiger partial charge >= 0.3 is 5.97 Å². The summed E-state index contributed by atoms with van der Waals surface area (Å²) in [7, 11) is -2.26. The average molecular weight is 369 g/mol. The minimum Gasteiger partial charge on any atom is -0.452 e. The van der Waals surface area contributed by atoms with Crippen molar-refractivity contribution in [1.29, 1.82) is 0 Å². The third-order valence-corrected chi connectivity index (χ3v) is 4.32. The van der Waals surface area contributed by atoms with E-state index in [1.165, 1.54) is 37.4 Å². The summed E-state index contributed by atoms with van der Waals surface area (Å²) in [5.41, 5.74) is 0.0850. The van der Waals surface area contributed by atoms with Gasteiger partial charge in [-0.2, -0.15) is 0 Å². The van der Waals surface area contributed by atoms with Gasteiger partial charge in [-0.25, -0.2) is 17.9 Å². The molecule has 0 aliphatic heterocycles. The van der Waals surface area contributed by atoms with Crippen LogP contribution in [0.5, 0.6) is 0 Å². The van der Waals surface area contributed by atoms with Crippen LogP contribution in [0.4, 0.5) is 0 Å². The van der Waals surface area contributed by atoms with E-state index in [9.17, 15) is 22.8 Å². The van der Waals surface area contributed by atoms with Crippen molar-refractivity contribution in [2.75, 3.05) is 26.7 Å². The Balaban J connectivity index is 2.58. The van der Waals surface area contributed by atoms with Crippen LogP contribution < -0.4 is 15.4 Å². The van der Waals surface area contributed by atoms with Gasteiger partial charge in [-0.3, -0.25) is 9.59 Å².